The van der Waals surface area contributed by atoms with Gasteiger partial charge in [0.15, 0.2) is 0 Å². The third-order valence-corrected chi connectivity index (χ3v) is 5.34. The molecule has 1 heterocycles. The molecule has 2 atom stereocenters. The zero-order chi connectivity index (χ0) is 18.8. The Balaban J connectivity index is 1.91. The number of aromatic nitrogens is 1. The minimum Gasteiger partial charge on any atom is -0.386 e. The van der Waals surface area contributed by atoms with Gasteiger partial charge in [0.05, 0.1) is 18.3 Å². The van der Waals surface area contributed by atoms with Crippen molar-refractivity contribution in [3.63, 3.8) is 0 Å². The van der Waals surface area contributed by atoms with Crippen molar-refractivity contribution in [3.8, 4) is 0 Å². The Morgan fingerprint density at radius 1 is 1.46 bits per heavy atom. The average Bonchev–Trinajstić information content (AvgIpc) is 2.65. The normalized spacial score (nSPS) is 19.1. The fraction of sp³-hybridized carbons (Fsp3) is 0.636. The van der Waals surface area contributed by atoms with Gasteiger partial charge in [-0.05, 0) is 70.0 Å². The van der Waals surface area contributed by atoms with E-state index in [2.05, 4.69) is 49.0 Å². The largest absolute Gasteiger partial charge is 0.386 e. The van der Waals surface area contributed by atoms with Crippen LogP contribution in [0, 0.1) is 5.92 Å². The molecule has 4 heteroatoms. The Hall–Kier alpha value is -1.68. The molecule has 0 bridgehead atoms. The van der Waals surface area contributed by atoms with E-state index < -0.39 is 0 Å². The van der Waals surface area contributed by atoms with Gasteiger partial charge in [0.1, 0.15) is 5.84 Å². The number of aryl methyl sites for hydroxylation is 1. The molecule has 0 aromatic carbocycles. The van der Waals surface area contributed by atoms with Gasteiger partial charge >= 0.3 is 0 Å². The van der Waals surface area contributed by atoms with E-state index in [1.54, 1.807) is 0 Å². The fourth-order valence-electron chi connectivity index (χ4n) is 3.91. The molecule has 2 rings (SSSR count). The maximum atomic E-state index is 6.27. The SMILES string of the molecule is C/C=C/CCC(CCC)CN=C(N)CN(C)C1CCCc2cccnc21. The van der Waals surface area contributed by atoms with Crippen molar-refractivity contribution < 1.29 is 0 Å². The molecule has 4 nitrogen and oxygen atoms in total. The number of pyridine rings is 1. The summed E-state index contributed by atoms with van der Waals surface area (Å²) in [4.78, 5) is 11.7. The summed E-state index contributed by atoms with van der Waals surface area (Å²) in [5.41, 5.74) is 8.89. The van der Waals surface area contributed by atoms with Gasteiger partial charge in [-0.2, -0.15) is 0 Å². The van der Waals surface area contributed by atoms with Crippen molar-refractivity contribution in [1.82, 2.24) is 9.88 Å². The zero-order valence-electron chi connectivity index (χ0n) is 16.8. The van der Waals surface area contributed by atoms with E-state index in [1.807, 2.05) is 12.3 Å². The highest BCUT2D eigenvalue weighted by Crippen LogP contribution is 2.31. The average molecular weight is 357 g/mol. The van der Waals surface area contributed by atoms with Crippen LogP contribution in [0.2, 0.25) is 0 Å². The lowest BCUT2D eigenvalue weighted by molar-refractivity contribution is 0.243. The van der Waals surface area contributed by atoms with E-state index in [-0.39, 0.29) is 0 Å². The van der Waals surface area contributed by atoms with Crippen LogP contribution in [-0.4, -0.2) is 35.9 Å². The molecule has 1 aliphatic carbocycles. The summed E-state index contributed by atoms with van der Waals surface area (Å²) in [6.07, 6.45) is 14.6. The predicted octanol–water partition coefficient (Wildman–Crippen LogP) is 4.52. The van der Waals surface area contributed by atoms with Crippen LogP contribution in [-0.2, 0) is 6.42 Å². The highest BCUT2D eigenvalue weighted by molar-refractivity contribution is 5.82. The maximum Gasteiger partial charge on any atom is 0.108 e. The molecule has 0 saturated carbocycles. The van der Waals surface area contributed by atoms with E-state index >= 15 is 0 Å². The minimum atomic E-state index is 0.356. The van der Waals surface area contributed by atoms with E-state index in [0.29, 0.717) is 18.5 Å². The summed E-state index contributed by atoms with van der Waals surface area (Å²) in [6, 6.07) is 4.60. The lowest BCUT2D eigenvalue weighted by atomic mass is 9.91. The van der Waals surface area contributed by atoms with Crippen molar-refractivity contribution in [3.05, 3.63) is 41.7 Å². The molecule has 26 heavy (non-hydrogen) atoms. The number of rotatable bonds is 10. The Morgan fingerprint density at radius 2 is 2.31 bits per heavy atom. The number of amidine groups is 1. The number of allylic oxidation sites excluding steroid dienone is 2. The molecule has 0 fully saturated rings. The predicted molar refractivity (Wildman–Crippen MR) is 111 cm³/mol. The first-order valence-electron chi connectivity index (χ1n) is 10.2. The quantitative estimate of drug-likeness (QED) is 0.381. The summed E-state index contributed by atoms with van der Waals surface area (Å²) in [7, 11) is 2.15. The highest BCUT2D eigenvalue weighted by atomic mass is 15.2. The van der Waals surface area contributed by atoms with Crippen molar-refractivity contribution in [1.29, 1.82) is 0 Å². The monoisotopic (exact) mass is 356 g/mol. The van der Waals surface area contributed by atoms with Crippen LogP contribution in [0.1, 0.15) is 69.7 Å². The van der Waals surface area contributed by atoms with E-state index in [9.17, 15) is 0 Å². The molecule has 144 valence electrons. The Bertz CT molecular complexity index is 594. The van der Waals surface area contributed by atoms with Gasteiger partial charge in [0, 0.05) is 12.7 Å². The number of hydrogen-bond donors (Lipinski definition) is 1. The summed E-state index contributed by atoms with van der Waals surface area (Å²) in [5, 5.41) is 0. The van der Waals surface area contributed by atoms with Gasteiger partial charge < -0.3 is 5.73 Å². The van der Waals surface area contributed by atoms with Crippen LogP contribution in [0.3, 0.4) is 0 Å². The van der Waals surface area contributed by atoms with Crippen LogP contribution in [0.4, 0.5) is 0 Å². The smallest absolute Gasteiger partial charge is 0.108 e. The molecule has 0 amide bonds. The van der Waals surface area contributed by atoms with Gasteiger partial charge in [0.2, 0.25) is 0 Å². The molecule has 2 unspecified atom stereocenters. The topological polar surface area (TPSA) is 54.5 Å². The number of fused-ring (bicyclic) bond motifs is 1. The van der Waals surface area contributed by atoms with Gasteiger partial charge in [-0.1, -0.05) is 31.6 Å². The van der Waals surface area contributed by atoms with Gasteiger partial charge in [-0.3, -0.25) is 14.9 Å². The Morgan fingerprint density at radius 3 is 3.08 bits per heavy atom. The van der Waals surface area contributed by atoms with Crippen molar-refractivity contribution in [2.24, 2.45) is 16.6 Å². The lowest BCUT2D eigenvalue weighted by Crippen LogP contribution is -2.36. The Labute approximate surface area is 159 Å². The van der Waals surface area contributed by atoms with Crippen LogP contribution in [0.5, 0.6) is 0 Å². The van der Waals surface area contributed by atoms with E-state index in [1.165, 1.54) is 36.9 Å². The molecule has 1 aromatic rings. The van der Waals surface area contributed by atoms with Crippen molar-refractivity contribution in [2.45, 2.75) is 64.8 Å². The van der Waals surface area contributed by atoms with Crippen molar-refractivity contribution in [2.75, 3.05) is 20.1 Å². The zero-order valence-corrected chi connectivity index (χ0v) is 16.8. The third kappa shape index (κ3) is 6.24. The standard InChI is InChI=1S/C22H36N4/c1-4-6-7-11-18(10-5-2)16-25-21(23)17-26(3)20-14-8-12-19-13-9-15-24-22(19)20/h4,6,9,13,15,18,20H,5,7-8,10-12,14,16-17H2,1-3H3,(H2,23,25)/b6-4+. The summed E-state index contributed by atoms with van der Waals surface area (Å²) in [5.74, 6) is 1.39. The van der Waals surface area contributed by atoms with Crippen LogP contribution < -0.4 is 5.73 Å². The first kappa shape index (κ1) is 20.6. The highest BCUT2D eigenvalue weighted by Gasteiger charge is 2.25. The molecule has 0 radical (unpaired) electrons. The van der Waals surface area contributed by atoms with Crippen LogP contribution >= 0.6 is 0 Å². The molecule has 2 N–H and O–H groups in total. The fourth-order valence-corrected chi connectivity index (χ4v) is 3.91. The van der Waals surface area contributed by atoms with Crippen LogP contribution in [0.15, 0.2) is 35.5 Å². The van der Waals surface area contributed by atoms with Crippen molar-refractivity contribution >= 4 is 5.84 Å². The molecular weight excluding hydrogens is 320 g/mol. The summed E-state index contributed by atoms with van der Waals surface area (Å²) < 4.78 is 0. The summed E-state index contributed by atoms with van der Waals surface area (Å²) in [6.45, 7) is 5.90. The second kappa shape index (κ2) is 11.1. The molecule has 0 spiro atoms. The third-order valence-electron chi connectivity index (χ3n) is 5.34. The van der Waals surface area contributed by atoms with E-state index in [0.717, 1.165) is 31.6 Å². The number of hydrogen-bond acceptors (Lipinski definition) is 3. The van der Waals surface area contributed by atoms with Gasteiger partial charge in [0.25, 0.3) is 0 Å². The molecule has 0 aliphatic heterocycles. The number of aliphatic imine (C=N–C) groups is 1. The van der Waals surface area contributed by atoms with Crippen LogP contribution in [0.25, 0.3) is 0 Å². The molecule has 0 saturated heterocycles. The lowest BCUT2D eigenvalue weighted by Gasteiger charge is -2.32. The number of nitrogens with two attached hydrogens (primary N) is 1. The minimum absolute atomic E-state index is 0.356. The molecule has 1 aromatic heterocycles. The molecule has 1 aliphatic rings. The summed E-state index contributed by atoms with van der Waals surface area (Å²) >= 11 is 0. The first-order valence-corrected chi connectivity index (χ1v) is 10.2. The Kier molecular flexibility index (Phi) is 8.82. The number of nitrogens with zero attached hydrogens (tertiary/aromatic N) is 3. The second-order valence-corrected chi connectivity index (χ2v) is 7.50. The number of likely N-dealkylation sites (N-methyl/N-ethyl adjacent to an activating group) is 1. The molecular formula is C22H36N4. The maximum absolute atomic E-state index is 6.27. The second-order valence-electron chi connectivity index (χ2n) is 7.50. The van der Waals surface area contributed by atoms with E-state index in [4.69, 9.17) is 10.7 Å². The first-order chi connectivity index (χ1) is 12.7. The van der Waals surface area contributed by atoms with Gasteiger partial charge in [-0.15, -0.1) is 0 Å². The van der Waals surface area contributed by atoms with Gasteiger partial charge in [-0.25, -0.2) is 0 Å².